The number of aliphatic carboxylic acids is 1. The van der Waals surface area contributed by atoms with Crippen molar-refractivity contribution in [3.05, 3.63) is 0 Å². The monoisotopic (exact) mass is 242 g/mol. The Balaban J connectivity index is 2.54. The molecular formula is C12H22N2O3. The topological polar surface area (TPSA) is 60.9 Å². The number of nitrogens with zero attached hydrogens (tertiary/aromatic N) is 2. The standard InChI is InChI=1S/C12H22N2O3/c1-12(2,3)9-8-14(11(17)13(9)4)7-5-6-10(15)16/h9H,5-8H2,1-4H3,(H,15,16). The molecule has 17 heavy (non-hydrogen) atoms. The minimum atomic E-state index is -0.808. The van der Waals surface area contributed by atoms with Crippen molar-refractivity contribution in [1.82, 2.24) is 9.80 Å². The molecule has 1 N–H and O–H groups in total. The van der Waals surface area contributed by atoms with Gasteiger partial charge in [-0.15, -0.1) is 0 Å². The van der Waals surface area contributed by atoms with Gasteiger partial charge in [0.2, 0.25) is 0 Å². The second-order valence-corrected chi connectivity index (χ2v) is 5.72. The highest BCUT2D eigenvalue weighted by Gasteiger charge is 2.40. The summed E-state index contributed by atoms with van der Waals surface area (Å²) in [6, 6.07) is 0.204. The van der Waals surface area contributed by atoms with Crippen LogP contribution in [0.1, 0.15) is 33.6 Å². The lowest BCUT2D eigenvalue weighted by Gasteiger charge is -2.30. The summed E-state index contributed by atoms with van der Waals surface area (Å²) in [7, 11) is 1.81. The van der Waals surface area contributed by atoms with E-state index in [9.17, 15) is 9.59 Å². The van der Waals surface area contributed by atoms with Crippen LogP contribution in [0.4, 0.5) is 4.79 Å². The van der Waals surface area contributed by atoms with Crippen LogP contribution in [0.15, 0.2) is 0 Å². The molecular weight excluding hydrogens is 220 g/mol. The van der Waals surface area contributed by atoms with Crippen LogP contribution in [0.25, 0.3) is 0 Å². The number of carboxylic acids is 1. The average molecular weight is 242 g/mol. The van der Waals surface area contributed by atoms with Crippen molar-refractivity contribution in [2.24, 2.45) is 5.41 Å². The van der Waals surface area contributed by atoms with Crippen LogP contribution < -0.4 is 0 Å². The molecule has 0 saturated carbocycles. The minimum absolute atomic E-state index is 0.00955. The Hall–Kier alpha value is -1.26. The maximum Gasteiger partial charge on any atom is 0.320 e. The molecule has 0 bridgehead atoms. The van der Waals surface area contributed by atoms with Gasteiger partial charge in [-0.2, -0.15) is 0 Å². The van der Waals surface area contributed by atoms with Gasteiger partial charge in [0.1, 0.15) is 0 Å². The second kappa shape index (κ2) is 4.94. The highest BCUT2D eigenvalue weighted by atomic mass is 16.4. The molecule has 0 spiro atoms. The van der Waals surface area contributed by atoms with E-state index < -0.39 is 5.97 Å². The Bertz CT molecular complexity index is 309. The number of urea groups is 1. The molecule has 98 valence electrons. The van der Waals surface area contributed by atoms with E-state index in [1.165, 1.54) is 0 Å². The van der Waals surface area contributed by atoms with Crippen LogP contribution in [0.2, 0.25) is 0 Å². The summed E-state index contributed by atoms with van der Waals surface area (Å²) < 4.78 is 0. The molecule has 0 radical (unpaired) electrons. The van der Waals surface area contributed by atoms with Crippen LogP contribution in [0.3, 0.4) is 0 Å². The van der Waals surface area contributed by atoms with Gasteiger partial charge in [-0.05, 0) is 11.8 Å². The van der Waals surface area contributed by atoms with Crippen molar-refractivity contribution < 1.29 is 14.7 Å². The number of amides is 2. The van der Waals surface area contributed by atoms with Gasteiger partial charge in [-0.25, -0.2) is 4.79 Å². The van der Waals surface area contributed by atoms with Crippen LogP contribution >= 0.6 is 0 Å². The molecule has 5 nitrogen and oxygen atoms in total. The van der Waals surface area contributed by atoms with Gasteiger partial charge in [0, 0.05) is 26.6 Å². The van der Waals surface area contributed by atoms with Gasteiger partial charge in [0.15, 0.2) is 0 Å². The molecule has 1 atom stereocenters. The largest absolute Gasteiger partial charge is 0.481 e. The Kier molecular flexibility index (Phi) is 4.01. The van der Waals surface area contributed by atoms with E-state index in [4.69, 9.17) is 5.11 Å². The van der Waals surface area contributed by atoms with E-state index >= 15 is 0 Å². The third kappa shape index (κ3) is 3.35. The maximum absolute atomic E-state index is 11.9. The first kappa shape index (κ1) is 13.8. The van der Waals surface area contributed by atoms with Crippen molar-refractivity contribution in [3.8, 4) is 0 Å². The van der Waals surface area contributed by atoms with E-state index in [2.05, 4.69) is 20.8 Å². The molecule has 0 aromatic rings. The first-order valence-corrected chi connectivity index (χ1v) is 5.97. The van der Waals surface area contributed by atoms with Gasteiger partial charge >= 0.3 is 12.0 Å². The molecule has 1 rings (SSSR count). The quantitative estimate of drug-likeness (QED) is 0.815. The molecule has 1 heterocycles. The van der Waals surface area contributed by atoms with Crippen molar-refractivity contribution in [3.63, 3.8) is 0 Å². The first-order valence-electron chi connectivity index (χ1n) is 5.97. The molecule has 1 fully saturated rings. The molecule has 1 aliphatic rings. The number of likely N-dealkylation sites (N-methyl/N-ethyl adjacent to an activating group) is 1. The lowest BCUT2D eigenvalue weighted by Crippen LogP contribution is -2.39. The summed E-state index contributed by atoms with van der Waals surface area (Å²) >= 11 is 0. The van der Waals surface area contributed by atoms with E-state index in [0.717, 1.165) is 0 Å². The number of carbonyl (C=O) groups is 2. The molecule has 2 amide bonds. The van der Waals surface area contributed by atoms with Crippen molar-refractivity contribution >= 4 is 12.0 Å². The summed E-state index contributed by atoms with van der Waals surface area (Å²) in [5.41, 5.74) is 0.0476. The van der Waals surface area contributed by atoms with E-state index in [1.54, 1.807) is 9.80 Å². The highest BCUT2D eigenvalue weighted by molar-refractivity contribution is 5.77. The molecule has 0 aromatic carbocycles. The molecule has 5 heteroatoms. The Labute approximate surface area is 102 Å². The molecule has 1 saturated heterocycles. The Morgan fingerprint density at radius 1 is 1.47 bits per heavy atom. The SMILES string of the molecule is CN1C(=O)N(CCCC(=O)O)CC1C(C)(C)C. The third-order valence-electron chi connectivity index (χ3n) is 3.25. The molecule has 1 unspecified atom stereocenters. The number of carbonyl (C=O) groups excluding carboxylic acids is 1. The van der Waals surface area contributed by atoms with Gasteiger partial charge in [-0.1, -0.05) is 20.8 Å². The lowest BCUT2D eigenvalue weighted by molar-refractivity contribution is -0.137. The smallest absolute Gasteiger partial charge is 0.320 e. The third-order valence-corrected chi connectivity index (χ3v) is 3.25. The highest BCUT2D eigenvalue weighted by Crippen LogP contribution is 2.29. The van der Waals surface area contributed by atoms with Gasteiger partial charge in [0.25, 0.3) is 0 Å². The van der Waals surface area contributed by atoms with Crippen LogP contribution in [-0.2, 0) is 4.79 Å². The fourth-order valence-corrected chi connectivity index (χ4v) is 2.23. The Morgan fingerprint density at radius 2 is 2.06 bits per heavy atom. The summed E-state index contributed by atoms with van der Waals surface area (Å²) in [6.07, 6.45) is 0.638. The maximum atomic E-state index is 11.9. The zero-order valence-electron chi connectivity index (χ0n) is 11.1. The second-order valence-electron chi connectivity index (χ2n) is 5.72. The van der Waals surface area contributed by atoms with Crippen molar-refractivity contribution in [2.75, 3.05) is 20.1 Å². The number of hydrogen-bond donors (Lipinski definition) is 1. The van der Waals surface area contributed by atoms with Crippen LogP contribution in [0, 0.1) is 5.41 Å². The van der Waals surface area contributed by atoms with E-state index in [0.29, 0.717) is 19.5 Å². The lowest BCUT2D eigenvalue weighted by atomic mass is 9.86. The van der Waals surface area contributed by atoms with E-state index in [-0.39, 0.29) is 23.9 Å². The summed E-state index contributed by atoms with van der Waals surface area (Å²) in [5, 5.41) is 8.57. The summed E-state index contributed by atoms with van der Waals surface area (Å²) in [5.74, 6) is -0.808. The predicted molar refractivity (Wildman–Crippen MR) is 64.8 cm³/mol. The van der Waals surface area contributed by atoms with Gasteiger partial charge in [0.05, 0.1) is 6.04 Å². The van der Waals surface area contributed by atoms with Crippen molar-refractivity contribution in [2.45, 2.75) is 39.7 Å². The molecule has 1 aliphatic heterocycles. The fourth-order valence-electron chi connectivity index (χ4n) is 2.23. The zero-order valence-corrected chi connectivity index (χ0v) is 11.1. The number of carboxylic acid groups (broad SMARTS) is 1. The van der Waals surface area contributed by atoms with Gasteiger partial charge < -0.3 is 14.9 Å². The van der Waals surface area contributed by atoms with Crippen LogP contribution in [-0.4, -0.2) is 53.1 Å². The fraction of sp³-hybridized carbons (Fsp3) is 0.833. The van der Waals surface area contributed by atoms with Gasteiger partial charge in [-0.3, -0.25) is 4.79 Å². The minimum Gasteiger partial charge on any atom is -0.481 e. The summed E-state index contributed by atoms with van der Waals surface area (Å²) in [6.45, 7) is 7.56. The number of hydrogen-bond acceptors (Lipinski definition) is 2. The summed E-state index contributed by atoms with van der Waals surface area (Å²) in [4.78, 5) is 25.9. The average Bonchev–Trinajstić information content (AvgIpc) is 2.44. The van der Waals surface area contributed by atoms with Crippen molar-refractivity contribution in [1.29, 1.82) is 0 Å². The predicted octanol–water partition coefficient (Wildman–Crippen LogP) is 1.63. The molecule has 0 aliphatic carbocycles. The zero-order chi connectivity index (χ0) is 13.2. The normalized spacial score (nSPS) is 21.2. The number of rotatable bonds is 4. The van der Waals surface area contributed by atoms with Crippen LogP contribution in [0.5, 0.6) is 0 Å². The first-order chi connectivity index (χ1) is 7.73. The Morgan fingerprint density at radius 3 is 2.47 bits per heavy atom. The molecule has 0 aromatic heterocycles. The van der Waals surface area contributed by atoms with E-state index in [1.807, 2.05) is 7.05 Å².